The van der Waals surface area contributed by atoms with Gasteiger partial charge in [0, 0.05) is 25.0 Å². The Kier molecular flexibility index (Phi) is 7.33. The molecule has 1 saturated heterocycles. The van der Waals surface area contributed by atoms with E-state index in [0.29, 0.717) is 30.3 Å². The van der Waals surface area contributed by atoms with Gasteiger partial charge in [-0.15, -0.1) is 0 Å². The van der Waals surface area contributed by atoms with E-state index in [1.54, 1.807) is 44.8 Å². The van der Waals surface area contributed by atoms with Gasteiger partial charge in [0.05, 0.1) is 30.4 Å². The van der Waals surface area contributed by atoms with Crippen LogP contribution in [0.1, 0.15) is 6.42 Å². The first-order valence-electron chi connectivity index (χ1n) is 9.92. The fraction of sp³-hybridized carbons (Fsp3) is 0.333. The molecule has 1 aromatic carbocycles. The SMILES string of the molecule is C=CC(=O)Nc1ccc(OC)c(NC2CC(Nc3ncccc3P(C)(C)=O)NCN2)c1. The van der Waals surface area contributed by atoms with E-state index < -0.39 is 7.14 Å². The van der Waals surface area contributed by atoms with Gasteiger partial charge in [0.25, 0.3) is 0 Å². The van der Waals surface area contributed by atoms with Gasteiger partial charge < -0.3 is 25.3 Å². The van der Waals surface area contributed by atoms with Gasteiger partial charge in [-0.1, -0.05) is 6.58 Å². The first-order valence-corrected chi connectivity index (χ1v) is 12.5. The third-order valence-electron chi connectivity index (χ3n) is 4.83. The maximum Gasteiger partial charge on any atom is 0.247 e. The van der Waals surface area contributed by atoms with E-state index in [2.05, 4.69) is 38.1 Å². The molecule has 0 radical (unpaired) electrons. The maximum absolute atomic E-state index is 12.6. The van der Waals surface area contributed by atoms with E-state index in [9.17, 15) is 9.36 Å². The van der Waals surface area contributed by atoms with Crippen LogP contribution in [0.25, 0.3) is 0 Å². The van der Waals surface area contributed by atoms with Gasteiger partial charge in [-0.2, -0.15) is 0 Å². The van der Waals surface area contributed by atoms with E-state index >= 15 is 0 Å². The average molecular weight is 444 g/mol. The second-order valence-corrected chi connectivity index (χ2v) is 10.7. The van der Waals surface area contributed by atoms with Crippen molar-refractivity contribution in [3.8, 4) is 5.75 Å². The molecule has 10 heteroatoms. The molecular weight excluding hydrogens is 415 g/mol. The smallest absolute Gasteiger partial charge is 0.247 e. The largest absolute Gasteiger partial charge is 0.495 e. The van der Waals surface area contributed by atoms with E-state index in [1.165, 1.54) is 6.08 Å². The van der Waals surface area contributed by atoms with Crippen LogP contribution in [0.4, 0.5) is 17.2 Å². The monoisotopic (exact) mass is 444 g/mol. The highest BCUT2D eigenvalue weighted by Gasteiger charge is 2.24. The lowest BCUT2D eigenvalue weighted by molar-refractivity contribution is -0.111. The number of nitrogens with one attached hydrogen (secondary N) is 5. The van der Waals surface area contributed by atoms with Crippen molar-refractivity contribution >= 4 is 35.5 Å². The van der Waals surface area contributed by atoms with Gasteiger partial charge in [-0.25, -0.2) is 4.98 Å². The second kappa shape index (κ2) is 9.96. The van der Waals surface area contributed by atoms with Crippen molar-refractivity contribution in [1.82, 2.24) is 15.6 Å². The van der Waals surface area contributed by atoms with Crippen LogP contribution in [0.2, 0.25) is 0 Å². The standard InChI is InChI=1S/C21H29N6O3P/c1-5-20(28)25-14-8-9-16(30-2)15(11-14)26-18-12-19(24-13-23-18)27-21-17(31(3,4)29)7-6-10-22-21/h5-11,18-19,23-24,26H,1,12-13H2,2-4H3,(H,22,27)(H,25,28). The molecule has 0 saturated carbocycles. The average Bonchev–Trinajstić information content (AvgIpc) is 2.74. The Morgan fingerprint density at radius 2 is 2.00 bits per heavy atom. The first-order chi connectivity index (χ1) is 14.8. The maximum atomic E-state index is 12.6. The number of rotatable bonds is 8. The van der Waals surface area contributed by atoms with Crippen LogP contribution in [0.15, 0.2) is 49.2 Å². The third-order valence-corrected chi connectivity index (χ3v) is 6.35. The summed E-state index contributed by atoms with van der Waals surface area (Å²) in [6, 6.07) is 9.01. The Bertz CT molecular complexity index is 993. The molecule has 2 aromatic rings. The fourth-order valence-electron chi connectivity index (χ4n) is 3.31. The number of benzene rings is 1. The number of carbonyl (C=O) groups excluding carboxylic acids is 1. The van der Waals surface area contributed by atoms with Gasteiger partial charge in [-0.05, 0) is 49.7 Å². The van der Waals surface area contributed by atoms with Gasteiger partial charge in [0.2, 0.25) is 5.91 Å². The molecule has 3 rings (SSSR count). The predicted octanol–water partition coefficient (Wildman–Crippen LogP) is 2.18. The van der Waals surface area contributed by atoms with Crippen LogP contribution < -0.4 is 36.6 Å². The number of pyridine rings is 1. The van der Waals surface area contributed by atoms with Crippen molar-refractivity contribution in [1.29, 1.82) is 0 Å². The van der Waals surface area contributed by atoms with Crippen LogP contribution in [0, 0.1) is 0 Å². The molecule has 2 atom stereocenters. The molecule has 1 aromatic heterocycles. The number of anilines is 3. The lowest BCUT2D eigenvalue weighted by atomic mass is 10.2. The van der Waals surface area contributed by atoms with Gasteiger partial charge in [0.15, 0.2) is 0 Å². The Balaban J connectivity index is 1.72. The summed E-state index contributed by atoms with van der Waals surface area (Å²) in [5.74, 6) is 1.00. The van der Waals surface area contributed by atoms with Crippen LogP contribution in [0.5, 0.6) is 5.75 Å². The van der Waals surface area contributed by atoms with Crippen molar-refractivity contribution < 1.29 is 14.1 Å². The second-order valence-electron chi connectivity index (χ2n) is 7.55. The van der Waals surface area contributed by atoms with Crippen LogP contribution in [-0.4, -0.2) is 50.3 Å². The summed E-state index contributed by atoms with van der Waals surface area (Å²) in [5.41, 5.74) is 1.38. The summed E-state index contributed by atoms with van der Waals surface area (Å²) in [4.78, 5) is 16.0. The zero-order valence-corrected chi connectivity index (χ0v) is 18.8. The van der Waals surface area contributed by atoms with Gasteiger partial charge >= 0.3 is 0 Å². The summed E-state index contributed by atoms with van der Waals surface area (Å²) >= 11 is 0. The van der Waals surface area contributed by atoms with Gasteiger partial charge in [-0.3, -0.25) is 15.4 Å². The Labute approximate surface area is 182 Å². The van der Waals surface area contributed by atoms with Gasteiger partial charge in [0.1, 0.15) is 18.7 Å². The number of hydrogen-bond acceptors (Lipinski definition) is 8. The van der Waals surface area contributed by atoms with E-state index in [4.69, 9.17) is 4.74 Å². The number of nitrogens with zero attached hydrogens (tertiary/aromatic N) is 1. The first kappa shape index (κ1) is 22.8. The highest BCUT2D eigenvalue weighted by atomic mass is 31.2. The summed E-state index contributed by atoms with van der Waals surface area (Å²) < 4.78 is 18.1. The minimum atomic E-state index is -2.47. The van der Waals surface area contributed by atoms with E-state index in [-0.39, 0.29) is 18.2 Å². The quantitative estimate of drug-likeness (QED) is 0.311. The highest BCUT2D eigenvalue weighted by molar-refractivity contribution is 7.70. The predicted molar refractivity (Wildman–Crippen MR) is 126 cm³/mol. The molecule has 166 valence electrons. The van der Waals surface area contributed by atoms with Crippen LogP contribution in [-0.2, 0) is 9.36 Å². The van der Waals surface area contributed by atoms with Crippen molar-refractivity contribution in [2.24, 2.45) is 0 Å². The molecular formula is C21H29N6O3P. The highest BCUT2D eigenvalue weighted by Crippen LogP contribution is 2.37. The Hall–Kier alpha value is -2.87. The molecule has 1 aliphatic rings. The molecule has 9 nitrogen and oxygen atoms in total. The summed E-state index contributed by atoms with van der Waals surface area (Å²) in [5, 5.41) is 17.0. The molecule has 1 aliphatic heterocycles. The van der Waals surface area contributed by atoms with Crippen molar-refractivity contribution in [2.75, 3.05) is 43.1 Å². The third kappa shape index (κ3) is 6.07. The summed E-state index contributed by atoms with van der Waals surface area (Å²) in [6.45, 7) is 7.50. The molecule has 31 heavy (non-hydrogen) atoms. The zero-order chi connectivity index (χ0) is 22.4. The van der Waals surface area contributed by atoms with E-state index in [1.807, 2.05) is 12.1 Å². The van der Waals surface area contributed by atoms with E-state index in [0.717, 1.165) is 11.0 Å². The number of methoxy groups -OCH3 is 1. The van der Waals surface area contributed by atoms with Crippen LogP contribution >= 0.6 is 7.14 Å². The molecule has 0 spiro atoms. The normalized spacial score (nSPS) is 18.7. The molecule has 2 heterocycles. The topological polar surface area (TPSA) is 116 Å². The molecule has 1 amide bonds. The van der Waals surface area contributed by atoms with Crippen LogP contribution in [0.3, 0.4) is 0 Å². The zero-order valence-electron chi connectivity index (χ0n) is 17.9. The van der Waals surface area contributed by atoms with Crippen molar-refractivity contribution in [2.45, 2.75) is 18.8 Å². The summed E-state index contributed by atoms with van der Waals surface area (Å²) in [7, 11) is -0.870. The molecule has 5 N–H and O–H groups in total. The Morgan fingerprint density at radius 3 is 2.68 bits per heavy atom. The number of carbonyl (C=O) groups is 1. The van der Waals surface area contributed by atoms with Crippen molar-refractivity contribution in [3.05, 3.63) is 49.2 Å². The Morgan fingerprint density at radius 1 is 1.26 bits per heavy atom. The molecule has 0 aliphatic carbocycles. The molecule has 0 bridgehead atoms. The lowest BCUT2D eigenvalue weighted by Crippen LogP contribution is -2.56. The fourth-order valence-corrected chi connectivity index (χ4v) is 4.39. The number of hydrogen-bond donors (Lipinski definition) is 5. The summed E-state index contributed by atoms with van der Waals surface area (Å²) in [6.07, 6.45) is 3.40. The number of ether oxygens (including phenoxy) is 1. The number of aromatic nitrogens is 1. The number of amides is 1. The minimum Gasteiger partial charge on any atom is -0.495 e. The van der Waals surface area contributed by atoms with Crippen molar-refractivity contribution in [3.63, 3.8) is 0 Å². The molecule has 2 unspecified atom stereocenters. The molecule has 1 fully saturated rings. The minimum absolute atomic E-state index is 0.0831. The lowest BCUT2D eigenvalue weighted by Gasteiger charge is -2.34.